The second kappa shape index (κ2) is 11.7. The number of carbonyl (C=O) groups excluding carboxylic acids is 2. The average Bonchev–Trinajstić information content (AvgIpc) is 2.94. The van der Waals surface area contributed by atoms with Gasteiger partial charge in [0.05, 0.1) is 0 Å². The molecule has 35 heavy (non-hydrogen) atoms. The summed E-state index contributed by atoms with van der Waals surface area (Å²) in [4.78, 5) is 24.2. The molecular weight excluding hydrogens is 452 g/mol. The van der Waals surface area contributed by atoms with Gasteiger partial charge in [0.1, 0.15) is 0 Å². The molecule has 0 fully saturated rings. The quantitative estimate of drug-likeness (QED) is 0.241. The van der Waals surface area contributed by atoms with Crippen LogP contribution in [0.15, 0.2) is 140 Å². The minimum Gasteiger partial charge on any atom is -0.289 e. The SMILES string of the molecule is O=C(c1ccccc1)c1ccc(-c2ccccc2)cc1.O=C(c1ccccc1)c1ccc(Cl)cc1. The van der Waals surface area contributed by atoms with E-state index in [1.807, 2.05) is 91.0 Å². The van der Waals surface area contributed by atoms with Gasteiger partial charge in [-0.1, -0.05) is 127 Å². The number of ketones is 2. The van der Waals surface area contributed by atoms with E-state index in [9.17, 15) is 9.59 Å². The van der Waals surface area contributed by atoms with Crippen LogP contribution in [-0.2, 0) is 0 Å². The summed E-state index contributed by atoms with van der Waals surface area (Å²) in [7, 11) is 0. The topological polar surface area (TPSA) is 34.1 Å². The van der Waals surface area contributed by atoms with Crippen LogP contribution in [0.2, 0.25) is 5.02 Å². The van der Waals surface area contributed by atoms with Crippen molar-refractivity contribution in [2.24, 2.45) is 0 Å². The Morgan fingerprint density at radius 3 is 1.11 bits per heavy atom. The molecule has 5 aromatic carbocycles. The average molecular weight is 475 g/mol. The zero-order valence-electron chi connectivity index (χ0n) is 19.0. The molecule has 3 heteroatoms. The van der Waals surface area contributed by atoms with Crippen molar-refractivity contribution < 1.29 is 9.59 Å². The summed E-state index contributed by atoms with van der Waals surface area (Å²) in [6, 6.07) is 43.4. The van der Waals surface area contributed by atoms with E-state index in [0.29, 0.717) is 16.1 Å². The van der Waals surface area contributed by atoms with Gasteiger partial charge in [-0.15, -0.1) is 0 Å². The summed E-state index contributed by atoms with van der Waals surface area (Å²) in [6.07, 6.45) is 0. The van der Waals surface area contributed by atoms with E-state index < -0.39 is 0 Å². The number of rotatable bonds is 5. The molecule has 0 aliphatic carbocycles. The summed E-state index contributed by atoms with van der Waals surface area (Å²) in [5, 5.41) is 0.639. The summed E-state index contributed by atoms with van der Waals surface area (Å²) in [5.41, 5.74) is 5.07. The molecule has 0 bridgehead atoms. The maximum Gasteiger partial charge on any atom is 0.193 e. The van der Waals surface area contributed by atoms with Crippen LogP contribution in [0.5, 0.6) is 0 Å². The maximum absolute atomic E-state index is 12.3. The fourth-order valence-electron chi connectivity index (χ4n) is 3.56. The number of carbonyl (C=O) groups is 2. The third-order valence-electron chi connectivity index (χ3n) is 5.43. The van der Waals surface area contributed by atoms with Gasteiger partial charge in [0.15, 0.2) is 11.6 Å². The Hall–Kier alpha value is -4.27. The van der Waals surface area contributed by atoms with Crippen molar-refractivity contribution >= 4 is 23.2 Å². The van der Waals surface area contributed by atoms with Crippen LogP contribution >= 0.6 is 11.6 Å². The van der Waals surface area contributed by atoms with Gasteiger partial charge >= 0.3 is 0 Å². The Labute approximate surface area is 210 Å². The predicted molar refractivity (Wildman–Crippen MR) is 143 cm³/mol. The monoisotopic (exact) mass is 474 g/mol. The summed E-state index contributed by atoms with van der Waals surface area (Å²) >= 11 is 5.75. The maximum atomic E-state index is 12.3. The first-order valence-electron chi connectivity index (χ1n) is 11.2. The Balaban J connectivity index is 0.000000172. The molecule has 5 aromatic rings. The number of hydrogen-bond donors (Lipinski definition) is 0. The molecule has 0 radical (unpaired) electrons. The molecular formula is C32H23ClO2. The standard InChI is InChI=1S/C19H14O.C13H9ClO/c20-19(17-9-5-2-6-10-17)18-13-11-16(12-14-18)15-7-3-1-4-8-15;14-12-8-6-11(7-9-12)13(15)10-4-2-1-3-5-10/h1-14H;1-9H. The first-order valence-corrected chi connectivity index (χ1v) is 11.6. The first-order chi connectivity index (χ1) is 17.1. The summed E-state index contributed by atoms with van der Waals surface area (Å²) < 4.78 is 0. The smallest absolute Gasteiger partial charge is 0.193 e. The van der Waals surface area contributed by atoms with Crippen molar-refractivity contribution in [1.82, 2.24) is 0 Å². The second-order valence-corrected chi connectivity index (χ2v) is 8.28. The van der Waals surface area contributed by atoms with E-state index in [1.54, 1.807) is 36.4 Å². The molecule has 0 aromatic heterocycles. The fourth-order valence-corrected chi connectivity index (χ4v) is 3.68. The molecule has 0 heterocycles. The normalized spacial score (nSPS) is 10.1. The summed E-state index contributed by atoms with van der Waals surface area (Å²) in [5.74, 6) is 0.0810. The van der Waals surface area contributed by atoms with Crippen molar-refractivity contribution in [3.8, 4) is 11.1 Å². The Bertz CT molecular complexity index is 1380. The zero-order chi connectivity index (χ0) is 24.5. The highest BCUT2D eigenvalue weighted by Gasteiger charge is 2.09. The van der Waals surface area contributed by atoms with Crippen LogP contribution in [0.4, 0.5) is 0 Å². The largest absolute Gasteiger partial charge is 0.289 e. The lowest BCUT2D eigenvalue weighted by atomic mass is 9.99. The lowest BCUT2D eigenvalue weighted by Gasteiger charge is -2.04. The zero-order valence-corrected chi connectivity index (χ0v) is 19.7. The molecule has 0 spiro atoms. The Morgan fingerprint density at radius 1 is 0.371 bits per heavy atom. The van der Waals surface area contributed by atoms with Gasteiger partial charge in [-0.2, -0.15) is 0 Å². The molecule has 0 saturated heterocycles. The second-order valence-electron chi connectivity index (χ2n) is 7.84. The minimum atomic E-state index is 0.0206. The Morgan fingerprint density at radius 2 is 0.686 bits per heavy atom. The van der Waals surface area contributed by atoms with E-state index in [2.05, 4.69) is 12.1 Å². The molecule has 170 valence electrons. The van der Waals surface area contributed by atoms with Crippen molar-refractivity contribution in [1.29, 1.82) is 0 Å². The van der Waals surface area contributed by atoms with Crippen LogP contribution in [0.1, 0.15) is 31.8 Å². The van der Waals surface area contributed by atoms with Gasteiger partial charge in [0.2, 0.25) is 0 Å². The minimum absolute atomic E-state index is 0.0206. The molecule has 0 unspecified atom stereocenters. The van der Waals surface area contributed by atoms with Gasteiger partial charge in [-0.25, -0.2) is 0 Å². The van der Waals surface area contributed by atoms with Gasteiger partial charge in [-0.05, 0) is 35.4 Å². The molecule has 0 aliphatic rings. The van der Waals surface area contributed by atoms with Crippen molar-refractivity contribution in [2.45, 2.75) is 0 Å². The van der Waals surface area contributed by atoms with Crippen LogP contribution in [0.3, 0.4) is 0 Å². The van der Waals surface area contributed by atoms with Crippen molar-refractivity contribution in [3.63, 3.8) is 0 Å². The van der Waals surface area contributed by atoms with Crippen molar-refractivity contribution in [3.05, 3.63) is 167 Å². The highest BCUT2D eigenvalue weighted by molar-refractivity contribution is 6.30. The van der Waals surface area contributed by atoms with Gasteiger partial charge in [0, 0.05) is 27.3 Å². The lowest BCUT2D eigenvalue weighted by molar-refractivity contribution is 0.103. The predicted octanol–water partition coefficient (Wildman–Crippen LogP) is 8.16. The lowest BCUT2D eigenvalue weighted by Crippen LogP contribution is -2.00. The molecule has 0 saturated carbocycles. The van der Waals surface area contributed by atoms with Crippen LogP contribution in [0, 0.1) is 0 Å². The third kappa shape index (κ3) is 6.41. The van der Waals surface area contributed by atoms with Crippen LogP contribution < -0.4 is 0 Å². The number of benzene rings is 5. The fraction of sp³-hybridized carbons (Fsp3) is 0. The molecule has 0 atom stereocenters. The van der Waals surface area contributed by atoms with E-state index in [-0.39, 0.29) is 11.6 Å². The van der Waals surface area contributed by atoms with E-state index in [1.165, 1.54) is 0 Å². The van der Waals surface area contributed by atoms with Crippen LogP contribution in [0.25, 0.3) is 11.1 Å². The van der Waals surface area contributed by atoms with E-state index >= 15 is 0 Å². The highest BCUT2D eigenvalue weighted by atomic mass is 35.5. The van der Waals surface area contributed by atoms with Gasteiger partial charge in [-0.3, -0.25) is 9.59 Å². The molecule has 2 nitrogen and oxygen atoms in total. The number of halogens is 1. The molecule has 0 N–H and O–H groups in total. The first kappa shape index (κ1) is 23.9. The number of hydrogen-bond acceptors (Lipinski definition) is 2. The third-order valence-corrected chi connectivity index (χ3v) is 5.68. The highest BCUT2D eigenvalue weighted by Crippen LogP contribution is 2.20. The summed E-state index contributed by atoms with van der Waals surface area (Å²) in [6.45, 7) is 0. The van der Waals surface area contributed by atoms with E-state index in [4.69, 9.17) is 11.6 Å². The van der Waals surface area contributed by atoms with Crippen LogP contribution in [-0.4, -0.2) is 11.6 Å². The Kier molecular flexibility index (Phi) is 8.00. The van der Waals surface area contributed by atoms with Crippen molar-refractivity contribution in [2.75, 3.05) is 0 Å². The van der Waals surface area contributed by atoms with E-state index in [0.717, 1.165) is 22.3 Å². The molecule has 0 amide bonds. The molecule has 5 rings (SSSR count). The van der Waals surface area contributed by atoms with Gasteiger partial charge in [0.25, 0.3) is 0 Å². The van der Waals surface area contributed by atoms with Gasteiger partial charge < -0.3 is 0 Å². The molecule has 0 aliphatic heterocycles.